The van der Waals surface area contributed by atoms with Crippen molar-refractivity contribution in [2.75, 3.05) is 0 Å². The lowest BCUT2D eigenvalue weighted by Crippen LogP contribution is -2.16. The van der Waals surface area contributed by atoms with Crippen molar-refractivity contribution < 1.29 is 18.0 Å². The van der Waals surface area contributed by atoms with E-state index in [-0.39, 0.29) is 16.7 Å². The first-order valence-electron chi connectivity index (χ1n) is 4.19. The van der Waals surface area contributed by atoms with Crippen LogP contribution in [0.2, 0.25) is 0 Å². The molecule has 0 saturated carbocycles. The maximum Gasteiger partial charge on any atom is 0.416 e. The highest BCUT2D eigenvalue weighted by Gasteiger charge is 2.34. The number of primary amides is 1. The number of carbonyl (C=O) groups excluding carboxylic acids is 1. The van der Waals surface area contributed by atoms with E-state index >= 15 is 0 Å². The van der Waals surface area contributed by atoms with E-state index in [1.54, 1.807) is 6.07 Å². The van der Waals surface area contributed by atoms with Gasteiger partial charge in [0.15, 0.2) is 0 Å². The summed E-state index contributed by atoms with van der Waals surface area (Å²) < 4.78 is 37.4. The predicted molar refractivity (Wildman–Crippen MR) is 49.4 cm³/mol. The molecule has 0 aliphatic carbocycles. The number of benzene rings is 1. The van der Waals surface area contributed by atoms with Gasteiger partial charge in [0.2, 0.25) is 5.91 Å². The molecular formula is C10H7F3N2O. The Morgan fingerprint density at radius 1 is 1.44 bits per heavy atom. The van der Waals surface area contributed by atoms with Gasteiger partial charge in [-0.2, -0.15) is 18.4 Å². The zero-order chi connectivity index (χ0) is 12.5. The minimum absolute atomic E-state index is 0.201. The molecule has 1 rings (SSSR count). The Labute approximate surface area is 89.3 Å². The van der Waals surface area contributed by atoms with E-state index in [1.165, 1.54) is 0 Å². The largest absolute Gasteiger partial charge is 0.416 e. The summed E-state index contributed by atoms with van der Waals surface area (Å²) in [5.41, 5.74) is 3.19. The first-order valence-corrected chi connectivity index (χ1v) is 4.19. The standard InChI is InChI=1S/C10H7F3N2O/c1-5-7(4-14)6(9(15)16)2-3-8(5)10(11,12)13/h2-3H,1H3,(H2,15,16). The molecule has 6 heteroatoms. The van der Waals surface area contributed by atoms with E-state index in [4.69, 9.17) is 11.0 Å². The molecule has 3 nitrogen and oxygen atoms in total. The van der Waals surface area contributed by atoms with Crippen LogP contribution in [-0.4, -0.2) is 5.91 Å². The number of halogens is 3. The minimum atomic E-state index is -4.55. The molecule has 0 fully saturated rings. The second-order valence-corrected chi connectivity index (χ2v) is 3.13. The molecule has 1 aromatic carbocycles. The van der Waals surface area contributed by atoms with Crippen LogP contribution in [0.15, 0.2) is 12.1 Å². The zero-order valence-corrected chi connectivity index (χ0v) is 8.22. The molecule has 0 atom stereocenters. The lowest BCUT2D eigenvalue weighted by Gasteiger charge is -2.12. The summed E-state index contributed by atoms with van der Waals surface area (Å²) >= 11 is 0. The Bertz CT molecular complexity index is 486. The highest BCUT2D eigenvalue weighted by atomic mass is 19.4. The molecule has 0 bridgehead atoms. The van der Waals surface area contributed by atoms with Gasteiger partial charge in [0, 0.05) is 0 Å². The Morgan fingerprint density at radius 2 is 2.00 bits per heavy atom. The van der Waals surface area contributed by atoms with Crippen molar-refractivity contribution in [3.05, 3.63) is 34.4 Å². The molecule has 0 aliphatic heterocycles. The average Bonchev–Trinajstić information content (AvgIpc) is 2.14. The summed E-state index contributed by atoms with van der Waals surface area (Å²) in [5.74, 6) is -0.923. The number of alkyl halides is 3. The fourth-order valence-corrected chi connectivity index (χ4v) is 1.37. The van der Waals surface area contributed by atoms with Gasteiger partial charge in [-0.3, -0.25) is 4.79 Å². The molecule has 16 heavy (non-hydrogen) atoms. The maximum atomic E-state index is 12.5. The first-order chi connectivity index (χ1) is 7.29. The van der Waals surface area contributed by atoms with E-state index in [0.29, 0.717) is 0 Å². The third-order valence-electron chi connectivity index (χ3n) is 2.15. The second kappa shape index (κ2) is 3.85. The predicted octanol–water partition coefficient (Wildman–Crippen LogP) is 1.98. The van der Waals surface area contributed by atoms with E-state index in [1.807, 2.05) is 0 Å². The molecule has 0 unspecified atom stereocenters. The van der Waals surface area contributed by atoms with Crippen LogP contribution in [0.3, 0.4) is 0 Å². The van der Waals surface area contributed by atoms with Crippen LogP contribution in [0.1, 0.15) is 27.0 Å². The Kier molecular flexibility index (Phi) is 2.90. The summed E-state index contributed by atoms with van der Waals surface area (Å²) in [5, 5.41) is 8.71. The van der Waals surface area contributed by atoms with Crippen LogP contribution in [0, 0.1) is 18.3 Å². The van der Waals surface area contributed by atoms with Gasteiger partial charge in [0.05, 0.1) is 16.7 Å². The molecule has 2 N–H and O–H groups in total. The zero-order valence-electron chi connectivity index (χ0n) is 8.22. The molecule has 0 aliphatic rings. The normalized spacial score (nSPS) is 10.9. The highest BCUT2D eigenvalue weighted by molar-refractivity contribution is 5.95. The lowest BCUT2D eigenvalue weighted by molar-refractivity contribution is -0.138. The topological polar surface area (TPSA) is 66.9 Å². The molecule has 0 saturated heterocycles. The number of nitrogens with zero attached hydrogens (tertiary/aromatic N) is 1. The third kappa shape index (κ3) is 1.98. The number of carbonyl (C=O) groups is 1. The van der Waals surface area contributed by atoms with E-state index in [0.717, 1.165) is 19.1 Å². The molecular weight excluding hydrogens is 221 g/mol. The van der Waals surface area contributed by atoms with Gasteiger partial charge in [-0.1, -0.05) is 0 Å². The Balaban J connectivity index is 3.55. The van der Waals surface area contributed by atoms with Gasteiger partial charge in [-0.25, -0.2) is 0 Å². The van der Waals surface area contributed by atoms with Crippen LogP contribution >= 0.6 is 0 Å². The molecule has 0 radical (unpaired) electrons. The molecule has 0 spiro atoms. The van der Waals surface area contributed by atoms with Crippen molar-refractivity contribution in [3.63, 3.8) is 0 Å². The number of rotatable bonds is 1. The van der Waals surface area contributed by atoms with Crippen LogP contribution in [-0.2, 0) is 6.18 Å². The summed E-state index contributed by atoms with van der Waals surface area (Å²) in [7, 11) is 0. The van der Waals surface area contributed by atoms with Crippen LogP contribution in [0.5, 0.6) is 0 Å². The highest BCUT2D eigenvalue weighted by Crippen LogP contribution is 2.33. The molecule has 84 valence electrons. The first kappa shape index (κ1) is 12.0. The van der Waals surface area contributed by atoms with Crippen molar-refractivity contribution in [3.8, 4) is 6.07 Å². The summed E-state index contributed by atoms with van der Waals surface area (Å²) in [6.07, 6.45) is -4.55. The van der Waals surface area contributed by atoms with Crippen LogP contribution < -0.4 is 5.73 Å². The quantitative estimate of drug-likeness (QED) is 0.798. The van der Waals surface area contributed by atoms with E-state index in [9.17, 15) is 18.0 Å². The minimum Gasteiger partial charge on any atom is -0.366 e. The Morgan fingerprint density at radius 3 is 2.38 bits per heavy atom. The van der Waals surface area contributed by atoms with Gasteiger partial charge in [-0.15, -0.1) is 0 Å². The fourth-order valence-electron chi connectivity index (χ4n) is 1.37. The second-order valence-electron chi connectivity index (χ2n) is 3.13. The summed E-state index contributed by atoms with van der Waals surface area (Å²) in [6.45, 7) is 1.13. The third-order valence-corrected chi connectivity index (χ3v) is 2.15. The van der Waals surface area contributed by atoms with Crippen molar-refractivity contribution >= 4 is 5.91 Å². The van der Waals surface area contributed by atoms with Crippen molar-refractivity contribution in [1.29, 1.82) is 5.26 Å². The SMILES string of the molecule is Cc1c(C(F)(F)F)ccc(C(N)=O)c1C#N. The van der Waals surface area contributed by atoms with Crippen molar-refractivity contribution in [2.45, 2.75) is 13.1 Å². The smallest absolute Gasteiger partial charge is 0.366 e. The van der Waals surface area contributed by atoms with E-state index in [2.05, 4.69) is 0 Å². The van der Waals surface area contributed by atoms with Crippen molar-refractivity contribution in [1.82, 2.24) is 0 Å². The average molecular weight is 228 g/mol. The fraction of sp³-hybridized carbons (Fsp3) is 0.200. The van der Waals surface area contributed by atoms with Gasteiger partial charge >= 0.3 is 6.18 Å². The molecule has 0 heterocycles. The van der Waals surface area contributed by atoms with Gasteiger partial charge in [0.1, 0.15) is 6.07 Å². The molecule has 0 aromatic heterocycles. The van der Waals surface area contributed by atoms with Gasteiger partial charge < -0.3 is 5.73 Å². The van der Waals surface area contributed by atoms with E-state index < -0.39 is 17.6 Å². The number of nitrogens with two attached hydrogens (primary N) is 1. The summed E-state index contributed by atoms with van der Waals surface area (Å²) in [6, 6.07) is 3.22. The number of amides is 1. The molecule has 1 aromatic rings. The lowest BCUT2D eigenvalue weighted by atomic mass is 9.97. The van der Waals surface area contributed by atoms with Crippen LogP contribution in [0.25, 0.3) is 0 Å². The van der Waals surface area contributed by atoms with Crippen LogP contribution in [0.4, 0.5) is 13.2 Å². The van der Waals surface area contributed by atoms with Crippen molar-refractivity contribution in [2.24, 2.45) is 5.73 Å². The maximum absolute atomic E-state index is 12.5. The Hall–Kier alpha value is -2.03. The summed E-state index contributed by atoms with van der Waals surface area (Å²) in [4.78, 5) is 10.9. The number of hydrogen-bond donors (Lipinski definition) is 1. The van der Waals surface area contributed by atoms with Gasteiger partial charge in [0.25, 0.3) is 0 Å². The van der Waals surface area contributed by atoms with Gasteiger partial charge in [-0.05, 0) is 24.6 Å². The monoisotopic (exact) mass is 228 g/mol. The number of hydrogen-bond acceptors (Lipinski definition) is 2. The number of nitriles is 1. The molecule has 1 amide bonds.